The number of amides is 1. The Morgan fingerprint density at radius 2 is 2.06 bits per heavy atom. The summed E-state index contributed by atoms with van der Waals surface area (Å²) in [5.41, 5.74) is 4.38. The summed E-state index contributed by atoms with van der Waals surface area (Å²) in [6.07, 6.45) is 8.05. The maximum atomic E-state index is 14.3. The van der Waals surface area contributed by atoms with Gasteiger partial charge in [0, 0.05) is 49.9 Å². The van der Waals surface area contributed by atoms with Gasteiger partial charge in [0.2, 0.25) is 0 Å². The van der Waals surface area contributed by atoms with Gasteiger partial charge in [-0.25, -0.2) is 4.39 Å². The van der Waals surface area contributed by atoms with E-state index in [1.165, 1.54) is 29.5 Å². The number of aryl methyl sites for hydroxylation is 1. The second-order valence-corrected chi connectivity index (χ2v) is 10.6. The molecule has 0 saturated carbocycles. The van der Waals surface area contributed by atoms with E-state index in [1.807, 2.05) is 30.8 Å². The molecule has 1 atom stereocenters. The molecule has 2 fully saturated rings. The van der Waals surface area contributed by atoms with Crippen LogP contribution in [0.2, 0.25) is 0 Å². The standard InChI is InChI=1S/C28H35FN4O2/c1-18(2)31(4)28(34)24-10-23(29)5-6-25(24)33-15-22(27-19(3)11-30-12-26(27)33)9-20-7-8-32(13-20)14-21-16-35-17-21/h5-6,10-12,15,18,20-21H,7-9,13-14,16-17H2,1-4H3/t20-/m1/s1. The van der Waals surface area contributed by atoms with Crippen molar-refractivity contribution in [1.29, 1.82) is 0 Å². The molecular weight excluding hydrogens is 443 g/mol. The predicted octanol–water partition coefficient (Wildman–Crippen LogP) is 4.46. The third kappa shape index (κ3) is 4.71. The van der Waals surface area contributed by atoms with Crippen LogP contribution in [0, 0.1) is 24.6 Å². The molecule has 0 spiro atoms. The molecule has 0 aliphatic carbocycles. The number of rotatable bonds is 7. The monoisotopic (exact) mass is 478 g/mol. The molecule has 2 aromatic heterocycles. The highest BCUT2D eigenvalue weighted by atomic mass is 19.1. The number of aromatic nitrogens is 2. The molecule has 0 N–H and O–H groups in total. The number of carbonyl (C=O) groups excluding carboxylic acids is 1. The van der Waals surface area contributed by atoms with E-state index >= 15 is 0 Å². The van der Waals surface area contributed by atoms with E-state index in [0.717, 1.165) is 50.3 Å². The van der Waals surface area contributed by atoms with E-state index < -0.39 is 5.82 Å². The second-order valence-electron chi connectivity index (χ2n) is 10.6. The average Bonchev–Trinajstić information content (AvgIpc) is 3.40. The van der Waals surface area contributed by atoms with Gasteiger partial charge in [-0.2, -0.15) is 0 Å². The summed E-state index contributed by atoms with van der Waals surface area (Å²) in [5, 5.41) is 1.19. The van der Waals surface area contributed by atoms with Crippen molar-refractivity contribution < 1.29 is 13.9 Å². The summed E-state index contributed by atoms with van der Waals surface area (Å²) < 4.78 is 21.7. The molecule has 2 saturated heterocycles. The number of likely N-dealkylation sites (tertiary alicyclic amines) is 1. The number of hydrogen-bond donors (Lipinski definition) is 0. The molecule has 0 radical (unpaired) electrons. The normalized spacial score (nSPS) is 19.0. The van der Waals surface area contributed by atoms with Crippen molar-refractivity contribution in [3.05, 3.63) is 59.3 Å². The molecule has 1 amide bonds. The van der Waals surface area contributed by atoms with Crippen molar-refractivity contribution in [1.82, 2.24) is 19.4 Å². The molecule has 3 aromatic rings. The van der Waals surface area contributed by atoms with Gasteiger partial charge in [0.25, 0.3) is 5.91 Å². The highest BCUT2D eigenvalue weighted by Gasteiger charge is 2.29. The number of nitrogens with zero attached hydrogens (tertiary/aromatic N) is 4. The first-order valence-corrected chi connectivity index (χ1v) is 12.6. The van der Waals surface area contributed by atoms with Gasteiger partial charge in [-0.15, -0.1) is 0 Å². The molecule has 0 unspecified atom stereocenters. The van der Waals surface area contributed by atoms with Crippen LogP contribution in [-0.4, -0.2) is 71.2 Å². The van der Waals surface area contributed by atoms with Crippen molar-refractivity contribution in [2.24, 2.45) is 11.8 Å². The van der Waals surface area contributed by atoms with Crippen LogP contribution >= 0.6 is 0 Å². The van der Waals surface area contributed by atoms with Crippen LogP contribution in [-0.2, 0) is 11.2 Å². The van der Waals surface area contributed by atoms with Crippen LogP contribution in [0.4, 0.5) is 4.39 Å². The largest absolute Gasteiger partial charge is 0.381 e. The Kier molecular flexibility index (Phi) is 6.64. The lowest BCUT2D eigenvalue weighted by Gasteiger charge is -2.30. The summed E-state index contributed by atoms with van der Waals surface area (Å²) >= 11 is 0. The Bertz CT molecular complexity index is 1230. The van der Waals surface area contributed by atoms with E-state index in [0.29, 0.717) is 23.1 Å². The lowest BCUT2D eigenvalue weighted by Crippen LogP contribution is -2.38. The van der Waals surface area contributed by atoms with Crippen molar-refractivity contribution in [2.75, 3.05) is 39.9 Å². The van der Waals surface area contributed by atoms with E-state index in [1.54, 1.807) is 18.0 Å². The SMILES string of the molecule is Cc1cncc2c1c(C[C@H]1CCN(CC3COC3)C1)cn2-c1ccc(F)cc1C(=O)N(C)C(C)C. The average molecular weight is 479 g/mol. The summed E-state index contributed by atoms with van der Waals surface area (Å²) in [4.78, 5) is 22.0. The van der Waals surface area contributed by atoms with Crippen LogP contribution in [0.1, 0.15) is 41.8 Å². The Morgan fingerprint density at radius 3 is 2.77 bits per heavy atom. The number of fused-ring (bicyclic) bond motifs is 1. The van der Waals surface area contributed by atoms with Gasteiger partial charge in [0.05, 0.1) is 36.2 Å². The quantitative estimate of drug-likeness (QED) is 0.503. The maximum Gasteiger partial charge on any atom is 0.256 e. The lowest BCUT2D eigenvalue weighted by molar-refractivity contribution is -0.0443. The Morgan fingerprint density at radius 1 is 1.26 bits per heavy atom. The minimum atomic E-state index is -0.414. The number of hydrogen-bond acceptors (Lipinski definition) is 4. The Labute approximate surface area is 206 Å². The third-order valence-electron chi connectivity index (χ3n) is 7.63. The fourth-order valence-corrected chi connectivity index (χ4v) is 5.42. The fraction of sp³-hybridized carbons (Fsp3) is 0.500. The van der Waals surface area contributed by atoms with Crippen molar-refractivity contribution in [3.63, 3.8) is 0 Å². The first kappa shape index (κ1) is 23.9. The topological polar surface area (TPSA) is 50.6 Å². The number of pyridine rings is 1. The highest BCUT2D eigenvalue weighted by molar-refractivity contribution is 5.99. The van der Waals surface area contributed by atoms with Gasteiger partial charge >= 0.3 is 0 Å². The van der Waals surface area contributed by atoms with Crippen molar-refractivity contribution in [2.45, 2.75) is 39.7 Å². The van der Waals surface area contributed by atoms with Crippen LogP contribution in [0.3, 0.4) is 0 Å². The number of benzene rings is 1. The van der Waals surface area contributed by atoms with Crippen molar-refractivity contribution in [3.8, 4) is 5.69 Å². The molecule has 5 rings (SSSR count). The summed E-state index contributed by atoms with van der Waals surface area (Å²) in [6.45, 7) is 11.2. The van der Waals surface area contributed by atoms with Crippen LogP contribution in [0.15, 0.2) is 36.8 Å². The van der Waals surface area contributed by atoms with Gasteiger partial charge in [0.15, 0.2) is 0 Å². The van der Waals surface area contributed by atoms with E-state index in [2.05, 4.69) is 23.0 Å². The van der Waals surface area contributed by atoms with E-state index in [9.17, 15) is 9.18 Å². The molecule has 35 heavy (non-hydrogen) atoms. The second kappa shape index (κ2) is 9.70. The molecular formula is C28H35FN4O2. The van der Waals surface area contributed by atoms with Crippen molar-refractivity contribution >= 4 is 16.8 Å². The van der Waals surface area contributed by atoms with E-state index in [-0.39, 0.29) is 11.9 Å². The highest BCUT2D eigenvalue weighted by Crippen LogP contribution is 2.33. The summed E-state index contributed by atoms with van der Waals surface area (Å²) in [7, 11) is 1.76. The molecule has 1 aromatic carbocycles. The number of carbonyl (C=O) groups is 1. The molecule has 7 heteroatoms. The van der Waals surface area contributed by atoms with Crippen LogP contribution in [0.5, 0.6) is 0 Å². The van der Waals surface area contributed by atoms with Gasteiger partial charge < -0.3 is 19.1 Å². The number of halogens is 1. The fourth-order valence-electron chi connectivity index (χ4n) is 5.42. The minimum absolute atomic E-state index is 0.0105. The molecule has 2 aliphatic rings. The van der Waals surface area contributed by atoms with Gasteiger partial charge in [-0.1, -0.05) is 0 Å². The molecule has 0 bridgehead atoms. The first-order valence-electron chi connectivity index (χ1n) is 12.6. The summed E-state index contributed by atoms with van der Waals surface area (Å²) in [5.74, 6) is 0.666. The smallest absolute Gasteiger partial charge is 0.256 e. The zero-order chi connectivity index (χ0) is 24.7. The lowest BCUT2D eigenvalue weighted by atomic mass is 9.97. The van der Waals surface area contributed by atoms with Gasteiger partial charge in [-0.05, 0) is 75.4 Å². The Hall–Kier alpha value is -2.77. The minimum Gasteiger partial charge on any atom is -0.381 e. The van der Waals surface area contributed by atoms with Crippen LogP contribution in [0.25, 0.3) is 16.6 Å². The third-order valence-corrected chi connectivity index (χ3v) is 7.63. The molecule has 6 nitrogen and oxygen atoms in total. The molecule has 2 aliphatic heterocycles. The summed E-state index contributed by atoms with van der Waals surface area (Å²) in [6, 6.07) is 4.50. The zero-order valence-corrected chi connectivity index (χ0v) is 21.1. The van der Waals surface area contributed by atoms with Gasteiger partial charge in [0.1, 0.15) is 5.82 Å². The molecule has 186 valence electrons. The van der Waals surface area contributed by atoms with E-state index in [4.69, 9.17) is 4.74 Å². The maximum absolute atomic E-state index is 14.3. The number of ether oxygens (including phenoxy) is 1. The molecule has 4 heterocycles. The predicted molar refractivity (Wildman–Crippen MR) is 136 cm³/mol. The Balaban J connectivity index is 1.50. The van der Waals surface area contributed by atoms with Gasteiger partial charge in [-0.3, -0.25) is 9.78 Å². The zero-order valence-electron chi connectivity index (χ0n) is 21.1. The van der Waals surface area contributed by atoms with Crippen LogP contribution < -0.4 is 0 Å². The first-order chi connectivity index (χ1) is 16.8.